The molecule has 4 heterocycles. The zero-order valence-corrected chi connectivity index (χ0v) is 43.6. The molecule has 2 aliphatic heterocycles. The first-order valence-corrected chi connectivity index (χ1v) is 26.6. The highest BCUT2D eigenvalue weighted by atomic mass is 35.5. The van der Waals surface area contributed by atoms with Crippen molar-refractivity contribution in [3.05, 3.63) is 76.0 Å². The average Bonchev–Trinajstić information content (AvgIpc) is 3.70. The summed E-state index contributed by atoms with van der Waals surface area (Å²) in [6.45, 7) is 11.2. The summed E-state index contributed by atoms with van der Waals surface area (Å²) in [4.78, 5) is 72.0. The van der Waals surface area contributed by atoms with Gasteiger partial charge in [0.2, 0.25) is 11.9 Å². The fraction of sp³-hybridized carbons (Fsp3) is 0.549. The molecule has 2 saturated carbocycles. The normalized spacial score (nSPS) is 20.4. The lowest BCUT2D eigenvalue weighted by molar-refractivity contribution is -0.140. The van der Waals surface area contributed by atoms with E-state index in [0.29, 0.717) is 71.7 Å². The number of aldehydes is 1. The quantitative estimate of drug-likeness (QED) is 0.0707. The summed E-state index contributed by atoms with van der Waals surface area (Å²) in [5.41, 5.74) is 4.85. The fourth-order valence-corrected chi connectivity index (χ4v) is 11.8. The summed E-state index contributed by atoms with van der Waals surface area (Å²) in [5.74, 6) is 2.07. The van der Waals surface area contributed by atoms with Crippen molar-refractivity contribution in [1.82, 2.24) is 40.3 Å². The van der Waals surface area contributed by atoms with Gasteiger partial charge in [-0.3, -0.25) is 19.3 Å². The molecular formula is C51H68ClFN10O5S2. The van der Waals surface area contributed by atoms with Crippen molar-refractivity contribution >= 4 is 76.2 Å². The maximum atomic E-state index is 14.8. The molecule has 4 N–H and O–H groups in total. The number of alkyl halides is 1. The molecule has 0 radical (unpaired) electrons. The van der Waals surface area contributed by atoms with Gasteiger partial charge in [0, 0.05) is 63.2 Å². The number of piperazine rings is 1. The van der Waals surface area contributed by atoms with Crippen LogP contribution >= 0.6 is 34.7 Å². The maximum absolute atomic E-state index is 14.8. The lowest BCUT2D eigenvalue weighted by Gasteiger charge is -2.40. The predicted octanol–water partition coefficient (Wildman–Crippen LogP) is 8.01. The Hall–Kier alpha value is -4.88. The van der Waals surface area contributed by atoms with Crippen LogP contribution in [0.25, 0.3) is 10.4 Å². The first-order valence-electron chi connectivity index (χ1n) is 24.4. The van der Waals surface area contributed by atoms with Gasteiger partial charge in [0.1, 0.15) is 28.9 Å². The van der Waals surface area contributed by atoms with Crippen LogP contribution in [0.2, 0.25) is 5.02 Å². The SMILES string of the molecule is CNCc1ccc(-c2scnc2C)cc1.CNc1nc(Nc2ccc(C(=O)N3CCN(CC4CCCC(CSC(C)(C)C(NC(=O)C5(F)CC5)C(=O)N5CCCC5C=O)C4)CC3)cc2OC)ncc1Cl. The average molecular weight is 1020 g/mol. The minimum atomic E-state index is -1.90. The van der Waals surface area contributed by atoms with Gasteiger partial charge in [0.25, 0.3) is 11.8 Å². The second kappa shape index (κ2) is 24.0. The molecule has 8 rings (SSSR count). The van der Waals surface area contributed by atoms with Gasteiger partial charge in [-0.2, -0.15) is 16.7 Å². The van der Waals surface area contributed by atoms with E-state index < -0.39 is 28.4 Å². The summed E-state index contributed by atoms with van der Waals surface area (Å²) in [6, 6.07) is 12.5. The van der Waals surface area contributed by atoms with Gasteiger partial charge >= 0.3 is 0 Å². The van der Waals surface area contributed by atoms with E-state index >= 15 is 0 Å². The summed E-state index contributed by atoms with van der Waals surface area (Å²) in [5, 5.41) is 12.4. The van der Waals surface area contributed by atoms with Crippen molar-refractivity contribution in [3.63, 3.8) is 0 Å². The molecule has 4 atom stereocenters. The molecule has 4 unspecified atom stereocenters. The maximum Gasteiger partial charge on any atom is 0.258 e. The number of carbonyl (C=O) groups excluding carboxylic acids is 4. The summed E-state index contributed by atoms with van der Waals surface area (Å²) >= 11 is 9.47. The van der Waals surface area contributed by atoms with Gasteiger partial charge in [-0.15, -0.1) is 11.3 Å². The minimum absolute atomic E-state index is 0.0414. The Morgan fingerprint density at radius 2 is 1.76 bits per heavy atom. The molecular weight excluding hydrogens is 951 g/mol. The second-order valence-corrected chi connectivity index (χ2v) is 22.3. The number of thiazole rings is 1. The Kier molecular flexibility index (Phi) is 18.2. The Morgan fingerprint density at radius 3 is 2.41 bits per heavy atom. The number of methoxy groups -OCH3 is 1. The van der Waals surface area contributed by atoms with Gasteiger partial charge in [0.15, 0.2) is 5.67 Å². The Bertz CT molecular complexity index is 2430. The lowest BCUT2D eigenvalue weighted by Crippen LogP contribution is -2.59. The first kappa shape index (κ1) is 52.9. The molecule has 0 spiro atoms. The van der Waals surface area contributed by atoms with Crippen LogP contribution in [-0.2, 0) is 20.9 Å². The molecule has 2 saturated heterocycles. The summed E-state index contributed by atoms with van der Waals surface area (Å²) < 4.78 is 19.7. The van der Waals surface area contributed by atoms with E-state index in [0.717, 1.165) is 76.0 Å². The van der Waals surface area contributed by atoms with E-state index in [2.05, 4.69) is 65.4 Å². The zero-order valence-electron chi connectivity index (χ0n) is 41.2. The van der Waals surface area contributed by atoms with Crippen LogP contribution in [0.1, 0.15) is 86.8 Å². The van der Waals surface area contributed by atoms with Gasteiger partial charge in [-0.1, -0.05) is 42.3 Å². The number of carbonyl (C=O) groups is 4. The number of nitrogens with one attached hydrogen (secondary N) is 4. The number of anilines is 3. The highest BCUT2D eigenvalue weighted by Crippen LogP contribution is 2.42. The molecule has 0 bridgehead atoms. The van der Waals surface area contributed by atoms with Crippen molar-refractivity contribution in [1.29, 1.82) is 0 Å². The number of rotatable bonds is 18. The van der Waals surface area contributed by atoms with Gasteiger partial charge < -0.3 is 40.6 Å². The molecule has 4 aliphatic rings. The number of benzene rings is 2. The molecule has 70 heavy (non-hydrogen) atoms. The van der Waals surface area contributed by atoms with Crippen molar-refractivity contribution in [2.45, 2.75) is 101 Å². The molecule has 2 aliphatic carbocycles. The van der Waals surface area contributed by atoms with E-state index in [-0.39, 0.29) is 24.7 Å². The van der Waals surface area contributed by atoms with E-state index in [4.69, 9.17) is 16.3 Å². The van der Waals surface area contributed by atoms with Gasteiger partial charge in [-0.05, 0) is 120 Å². The number of nitrogens with zero attached hydrogens (tertiary/aromatic N) is 6. The molecule has 4 aromatic rings. The summed E-state index contributed by atoms with van der Waals surface area (Å²) in [7, 11) is 5.24. The van der Waals surface area contributed by atoms with Crippen molar-refractivity contribution in [2.24, 2.45) is 11.8 Å². The highest BCUT2D eigenvalue weighted by Gasteiger charge is 2.53. The van der Waals surface area contributed by atoms with Crippen LogP contribution in [0.15, 0.2) is 54.2 Å². The molecule has 2 aromatic carbocycles. The number of halogens is 2. The summed E-state index contributed by atoms with van der Waals surface area (Å²) in [6.07, 6.45) is 8.43. The Labute approximate surface area is 424 Å². The zero-order chi connectivity index (χ0) is 50.0. The van der Waals surface area contributed by atoms with Crippen LogP contribution in [0, 0.1) is 18.8 Å². The predicted molar refractivity (Wildman–Crippen MR) is 278 cm³/mol. The number of ether oxygens (including phenoxy) is 1. The third-order valence-corrected chi connectivity index (χ3v) is 16.7. The lowest BCUT2D eigenvalue weighted by atomic mass is 9.82. The minimum Gasteiger partial charge on any atom is -0.495 e. The smallest absolute Gasteiger partial charge is 0.258 e. The van der Waals surface area contributed by atoms with Crippen LogP contribution in [0.5, 0.6) is 5.75 Å². The fourth-order valence-electron chi connectivity index (χ4n) is 9.53. The number of amides is 3. The van der Waals surface area contributed by atoms with Gasteiger partial charge in [-0.25, -0.2) is 14.4 Å². The number of hydrogen-bond donors (Lipinski definition) is 4. The monoisotopic (exact) mass is 1020 g/mol. The van der Waals surface area contributed by atoms with Crippen LogP contribution < -0.4 is 26.0 Å². The first-order chi connectivity index (χ1) is 33.6. The second-order valence-electron chi connectivity index (χ2n) is 19.3. The number of hydrogen-bond acceptors (Lipinski definition) is 14. The standard InChI is InChI=1S/C39H54ClFN8O5S.C12H14N2S/c1-38(2,32(45-36(53)39(41)12-13-39)35(52)49-14-6-9-28(49)23-50)55-24-26-8-5-7-25(19-26)22-47-15-17-48(18-16-47)34(51)27-10-11-30(31(20-27)54-4)44-37-43-21-29(40)33(42-3)46-37;1-9-12(15-8-14-9)11-5-3-10(4-6-11)7-13-2/h10-11,20-21,23,25-26,28,32H,5-9,12-19,22,24H2,1-4H3,(H,45,53)(H2,42,43,44,46);3-6,8,13H,7H2,1-2H3. The largest absolute Gasteiger partial charge is 0.495 e. The van der Waals surface area contributed by atoms with E-state index in [1.807, 2.05) is 38.2 Å². The molecule has 3 amide bonds. The molecule has 15 nitrogen and oxygen atoms in total. The van der Waals surface area contributed by atoms with Crippen molar-refractivity contribution in [2.75, 3.05) is 76.9 Å². The van der Waals surface area contributed by atoms with Crippen molar-refractivity contribution < 1.29 is 28.3 Å². The molecule has 2 aromatic heterocycles. The Balaban J connectivity index is 0.000000408. The van der Waals surface area contributed by atoms with E-state index in [9.17, 15) is 23.6 Å². The Morgan fingerprint density at radius 1 is 1.01 bits per heavy atom. The topological polar surface area (TPSA) is 174 Å². The van der Waals surface area contributed by atoms with Crippen molar-refractivity contribution in [3.8, 4) is 16.2 Å². The number of aryl methyl sites for hydroxylation is 1. The number of aromatic nitrogens is 3. The van der Waals surface area contributed by atoms with Crippen LogP contribution in [-0.4, -0.2) is 142 Å². The number of likely N-dealkylation sites (tertiary alicyclic amines) is 1. The van der Waals surface area contributed by atoms with Gasteiger partial charge in [0.05, 0.1) is 41.1 Å². The molecule has 19 heteroatoms. The van der Waals surface area contributed by atoms with E-state index in [1.54, 1.807) is 60.4 Å². The third-order valence-electron chi connectivity index (χ3n) is 13.8. The van der Waals surface area contributed by atoms with E-state index in [1.165, 1.54) is 22.2 Å². The number of thioether (sulfide) groups is 1. The highest BCUT2D eigenvalue weighted by molar-refractivity contribution is 8.00. The molecule has 4 fully saturated rings. The van der Waals surface area contributed by atoms with Crippen LogP contribution in [0.3, 0.4) is 0 Å². The molecule has 378 valence electrons. The van der Waals surface area contributed by atoms with Crippen LogP contribution in [0.4, 0.5) is 21.8 Å². The third kappa shape index (κ3) is 13.3.